The van der Waals surface area contributed by atoms with Crippen LogP contribution in [0.2, 0.25) is 10.0 Å². The van der Waals surface area contributed by atoms with Gasteiger partial charge in [-0.25, -0.2) is 9.69 Å². The van der Waals surface area contributed by atoms with Crippen molar-refractivity contribution >= 4 is 64.4 Å². The van der Waals surface area contributed by atoms with Gasteiger partial charge in [0.25, 0.3) is 17.7 Å². The number of para-hydroxylation sites is 2. The van der Waals surface area contributed by atoms with E-state index in [2.05, 4.69) is 10.6 Å². The highest BCUT2D eigenvalue weighted by molar-refractivity contribution is 6.39. The summed E-state index contributed by atoms with van der Waals surface area (Å²) in [5.41, 5.74) is 0.688. The molecule has 0 saturated carbocycles. The number of urea groups is 1. The van der Waals surface area contributed by atoms with Gasteiger partial charge < -0.3 is 10.1 Å². The lowest BCUT2D eigenvalue weighted by Crippen LogP contribution is -2.54. The molecule has 1 heterocycles. The lowest BCUT2D eigenvalue weighted by molar-refractivity contribution is -0.122. The van der Waals surface area contributed by atoms with Crippen LogP contribution in [0.5, 0.6) is 5.75 Å². The molecule has 0 unspecified atom stereocenters. The van der Waals surface area contributed by atoms with E-state index in [-0.39, 0.29) is 23.5 Å². The van der Waals surface area contributed by atoms with Gasteiger partial charge in [-0.1, -0.05) is 53.5 Å². The van der Waals surface area contributed by atoms with E-state index in [1.54, 1.807) is 54.6 Å². The normalized spacial score (nSPS) is 14.6. The predicted octanol–water partition coefficient (Wildman–Crippen LogP) is 4.68. The van der Waals surface area contributed by atoms with Crippen LogP contribution in [0.4, 0.5) is 16.2 Å². The zero-order valence-electron chi connectivity index (χ0n) is 18.0. The molecule has 0 bridgehead atoms. The monoisotopic (exact) mass is 509 g/mol. The van der Waals surface area contributed by atoms with Crippen LogP contribution < -0.4 is 20.3 Å². The van der Waals surface area contributed by atoms with Crippen LogP contribution in [0, 0.1) is 0 Å². The molecule has 4 rings (SSSR count). The van der Waals surface area contributed by atoms with Crippen molar-refractivity contribution < 1.29 is 23.9 Å². The Kier molecular flexibility index (Phi) is 7.14. The number of hydrogen-bond acceptors (Lipinski definition) is 5. The first-order chi connectivity index (χ1) is 16.8. The third kappa shape index (κ3) is 5.51. The summed E-state index contributed by atoms with van der Waals surface area (Å²) in [5, 5.41) is 5.47. The molecule has 0 radical (unpaired) electrons. The molecule has 8 nitrogen and oxygen atoms in total. The van der Waals surface area contributed by atoms with Crippen molar-refractivity contribution in [3.05, 3.63) is 94.0 Å². The highest BCUT2D eigenvalue weighted by Crippen LogP contribution is 2.28. The van der Waals surface area contributed by atoms with Crippen LogP contribution in [-0.4, -0.2) is 30.4 Å². The highest BCUT2D eigenvalue weighted by Gasteiger charge is 2.36. The Morgan fingerprint density at radius 3 is 2.43 bits per heavy atom. The molecular weight excluding hydrogens is 493 g/mol. The maximum Gasteiger partial charge on any atom is 0.335 e. The summed E-state index contributed by atoms with van der Waals surface area (Å²) in [7, 11) is 0. The number of nitrogens with one attached hydrogen (secondary N) is 2. The zero-order valence-corrected chi connectivity index (χ0v) is 19.5. The van der Waals surface area contributed by atoms with Gasteiger partial charge in [0.15, 0.2) is 6.61 Å². The van der Waals surface area contributed by atoms with Gasteiger partial charge in [0.2, 0.25) is 0 Å². The SMILES string of the molecule is O=C(COc1ccc(Cl)cc1/C=C1/C(=O)NC(=O)N(c2ccccc2)C1=O)Nc1ccccc1Cl. The summed E-state index contributed by atoms with van der Waals surface area (Å²) < 4.78 is 5.63. The molecule has 0 aliphatic carbocycles. The molecule has 0 atom stereocenters. The van der Waals surface area contributed by atoms with Crippen LogP contribution >= 0.6 is 23.2 Å². The number of hydrogen-bond donors (Lipinski definition) is 2. The molecule has 3 aromatic rings. The number of imide groups is 2. The van der Waals surface area contributed by atoms with Crippen LogP contribution in [0.15, 0.2) is 78.4 Å². The number of ether oxygens (including phenoxy) is 1. The molecular formula is C25H17Cl2N3O5. The van der Waals surface area contributed by atoms with Crippen LogP contribution in [0.25, 0.3) is 6.08 Å². The minimum Gasteiger partial charge on any atom is -0.483 e. The first kappa shape index (κ1) is 24.0. The average molecular weight is 510 g/mol. The fraction of sp³-hybridized carbons (Fsp3) is 0.0400. The van der Waals surface area contributed by atoms with Gasteiger partial charge in [-0.05, 0) is 48.5 Å². The average Bonchev–Trinajstić information content (AvgIpc) is 2.83. The van der Waals surface area contributed by atoms with Gasteiger partial charge in [-0.2, -0.15) is 0 Å². The summed E-state index contributed by atoms with van der Waals surface area (Å²) in [4.78, 5) is 51.1. The Bertz CT molecular complexity index is 1360. The quantitative estimate of drug-likeness (QED) is 0.370. The van der Waals surface area contributed by atoms with E-state index in [1.807, 2.05) is 0 Å². The van der Waals surface area contributed by atoms with E-state index in [4.69, 9.17) is 27.9 Å². The van der Waals surface area contributed by atoms with Gasteiger partial charge in [0, 0.05) is 10.6 Å². The maximum atomic E-state index is 13.1. The molecule has 176 valence electrons. The lowest BCUT2D eigenvalue weighted by atomic mass is 10.1. The Morgan fingerprint density at radius 2 is 1.69 bits per heavy atom. The zero-order chi connectivity index (χ0) is 24.9. The first-order valence-electron chi connectivity index (χ1n) is 10.3. The Labute approximate surface area is 210 Å². The van der Waals surface area contributed by atoms with Crippen molar-refractivity contribution in [2.75, 3.05) is 16.8 Å². The van der Waals surface area contributed by atoms with E-state index in [0.717, 1.165) is 4.90 Å². The van der Waals surface area contributed by atoms with Crippen LogP contribution in [0.1, 0.15) is 5.56 Å². The number of halogens is 2. The summed E-state index contributed by atoms with van der Waals surface area (Å²) >= 11 is 12.2. The Morgan fingerprint density at radius 1 is 0.971 bits per heavy atom. The number of amides is 5. The van der Waals surface area contributed by atoms with Crippen molar-refractivity contribution in [2.45, 2.75) is 0 Å². The van der Waals surface area contributed by atoms with E-state index in [9.17, 15) is 19.2 Å². The lowest BCUT2D eigenvalue weighted by Gasteiger charge is -2.26. The molecule has 35 heavy (non-hydrogen) atoms. The summed E-state index contributed by atoms with van der Waals surface area (Å²) in [6, 6.07) is 18.6. The minimum absolute atomic E-state index is 0.194. The first-order valence-corrected chi connectivity index (χ1v) is 11.0. The standard InChI is InChI=1S/C25H17Cl2N3O5/c26-16-10-11-21(35-14-22(31)28-20-9-5-4-8-19(20)27)15(12-16)13-18-23(32)29-25(34)30(24(18)33)17-6-2-1-3-7-17/h1-13H,14H2,(H,28,31)(H,29,32,34)/b18-13-. The molecule has 2 N–H and O–H groups in total. The molecule has 1 fully saturated rings. The van der Waals surface area contributed by atoms with Crippen LogP contribution in [-0.2, 0) is 14.4 Å². The number of carbonyl (C=O) groups is 4. The number of carbonyl (C=O) groups excluding carboxylic acids is 4. The second kappa shape index (κ2) is 10.4. The topological polar surface area (TPSA) is 105 Å². The summed E-state index contributed by atoms with van der Waals surface area (Å²) in [6.07, 6.45) is 1.26. The Hall–Kier alpha value is -4.14. The van der Waals surface area contributed by atoms with Gasteiger partial charge in [-0.15, -0.1) is 0 Å². The number of benzene rings is 3. The maximum absolute atomic E-state index is 13.1. The molecule has 1 saturated heterocycles. The van der Waals surface area contributed by atoms with E-state index < -0.39 is 23.8 Å². The number of anilines is 2. The summed E-state index contributed by atoms with van der Waals surface area (Å²) in [5.74, 6) is -1.96. The van der Waals surface area contributed by atoms with Crippen molar-refractivity contribution in [3.63, 3.8) is 0 Å². The fourth-order valence-corrected chi connectivity index (χ4v) is 3.64. The van der Waals surface area contributed by atoms with Crippen molar-refractivity contribution in [1.29, 1.82) is 0 Å². The third-order valence-corrected chi connectivity index (χ3v) is 5.46. The molecule has 10 heteroatoms. The Balaban J connectivity index is 1.58. The van der Waals surface area contributed by atoms with Gasteiger partial charge in [0.05, 0.1) is 16.4 Å². The highest BCUT2D eigenvalue weighted by atomic mass is 35.5. The second-order valence-electron chi connectivity index (χ2n) is 7.29. The minimum atomic E-state index is -0.866. The van der Waals surface area contributed by atoms with Gasteiger partial charge in [-0.3, -0.25) is 19.7 Å². The van der Waals surface area contributed by atoms with Crippen LogP contribution in [0.3, 0.4) is 0 Å². The molecule has 1 aliphatic heterocycles. The third-order valence-electron chi connectivity index (χ3n) is 4.89. The van der Waals surface area contributed by atoms with Gasteiger partial charge >= 0.3 is 6.03 Å². The van der Waals surface area contributed by atoms with Crippen molar-refractivity contribution in [1.82, 2.24) is 5.32 Å². The van der Waals surface area contributed by atoms with Crippen molar-refractivity contribution in [3.8, 4) is 5.75 Å². The molecule has 1 aliphatic rings. The molecule has 5 amide bonds. The fourth-order valence-electron chi connectivity index (χ4n) is 3.28. The van der Waals surface area contributed by atoms with E-state index in [0.29, 0.717) is 21.4 Å². The number of nitrogens with zero attached hydrogens (tertiary/aromatic N) is 1. The summed E-state index contributed by atoms with van der Waals surface area (Å²) in [6.45, 7) is -0.377. The molecule has 0 spiro atoms. The molecule has 0 aromatic heterocycles. The smallest absolute Gasteiger partial charge is 0.335 e. The predicted molar refractivity (Wildman–Crippen MR) is 132 cm³/mol. The van der Waals surface area contributed by atoms with E-state index in [1.165, 1.54) is 24.3 Å². The van der Waals surface area contributed by atoms with E-state index >= 15 is 0 Å². The number of rotatable bonds is 6. The van der Waals surface area contributed by atoms with Gasteiger partial charge in [0.1, 0.15) is 11.3 Å². The van der Waals surface area contributed by atoms with Crippen molar-refractivity contribution in [2.24, 2.45) is 0 Å². The molecule has 3 aromatic carbocycles. The largest absolute Gasteiger partial charge is 0.483 e. The number of barbiturate groups is 1. The second-order valence-corrected chi connectivity index (χ2v) is 8.14.